The Balaban J connectivity index is 1.54. The van der Waals surface area contributed by atoms with Crippen molar-refractivity contribution in [2.45, 2.75) is 33.2 Å². The van der Waals surface area contributed by atoms with Crippen LogP contribution in [0.3, 0.4) is 0 Å². The molecule has 0 bridgehead atoms. The molecule has 39 heavy (non-hydrogen) atoms. The van der Waals surface area contributed by atoms with Crippen molar-refractivity contribution in [3.05, 3.63) is 101 Å². The minimum atomic E-state index is -0.886. The molecule has 9 heteroatoms. The SMILES string of the molecule is CCOC(=O)/C=C1\NC(=O)[C@@H]1[C@@H](C)OC(=O)c1cc(OCc2ccccc2)c(O)c(OCc2ccccc2)c1. The summed E-state index contributed by atoms with van der Waals surface area (Å²) >= 11 is 0. The van der Waals surface area contributed by atoms with Crippen molar-refractivity contribution in [2.24, 2.45) is 5.92 Å². The summed E-state index contributed by atoms with van der Waals surface area (Å²) in [5, 5.41) is 13.4. The number of phenolic OH excluding ortho intramolecular Hbond substituents is 1. The Morgan fingerprint density at radius 3 is 1.97 bits per heavy atom. The van der Waals surface area contributed by atoms with Crippen LogP contribution in [0.15, 0.2) is 84.6 Å². The molecule has 4 rings (SSSR count). The van der Waals surface area contributed by atoms with Crippen molar-refractivity contribution in [1.29, 1.82) is 0 Å². The smallest absolute Gasteiger partial charge is 0.338 e. The van der Waals surface area contributed by atoms with Crippen LogP contribution in [0.4, 0.5) is 0 Å². The largest absolute Gasteiger partial charge is 0.502 e. The standard InChI is InChI=1S/C30H29NO8/c1-3-36-26(32)16-23-27(29(34)31-23)19(2)39-30(35)22-14-24(37-17-20-10-6-4-7-11-20)28(33)25(15-22)38-18-21-12-8-5-9-13-21/h4-16,19,27,33H,3,17-18H2,1-2H3,(H,31,34)/b23-16-/t19-,27-/m1/s1. The zero-order valence-corrected chi connectivity index (χ0v) is 21.6. The molecule has 3 aromatic rings. The maximum atomic E-state index is 13.1. The summed E-state index contributed by atoms with van der Waals surface area (Å²) in [6, 6.07) is 21.4. The van der Waals surface area contributed by atoms with Gasteiger partial charge in [-0.15, -0.1) is 0 Å². The molecule has 0 unspecified atom stereocenters. The van der Waals surface area contributed by atoms with E-state index in [0.29, 0.717) is 5.70 Å². The van der Waals surface area contributed by atoms with Crippen molar-refractivity contribution in [2.75, 3.05) is 6.61 Å². The number of nitrogens with one attached hydrogen (secondary N) is 1. The molecule has 0 aromatic heterocycles. The van der Waals surface area contributed by atoms with Gasteiger partial charge in [-0.05, 0) is 37.1 Å². The number of β-lactam (4-membered cyclic amide) rings is 1. The van der Waals surface area contributed by atoms with Crippen LogP contribution >= 0.6 is 0 Å². The van der Waals surface area contributed by atoms with Gasteiger partial charge in [0, 0.05) is 11.8 Å². The van der Waals surface area contributed by atoms with Gasteiger partial charge in [0.15, 0.2) is 11.5 Å². The van der Waals surface area contributed by atoms with E-state index in [2.05, 4.69) is 5.32 Å². The molecule has 3 aromatic carbocycles. The molecular formula is C30H29NO8. The average Bonchev–Trinajstić information content (AvgIpc) is 2.92. The van der Waals surface area contributed by atoms with Crippen LogP contribution in [0, 0.1) is 5.92 Å². The number of aromatic hydroxyl groups is 1. The number of hydrogen-bond donors (Lipinski definition) is 2. The quantitative estimate of drug-likeness (QED) is 0.214. The summed E-state index contributed by atoms with van der Waals surface area (Å²) in [6.45, 7) is 3.71. The van der Waals surface area contributed by atoms with Gasteiger partial charge >= 0.3 is 11.9 Å². The zero-order chi connectivity index (χ0) is 27.8. The number of amides is 1. The van der Waals surface area contributed by atoms with Gasteiger partial charge in [-0.25, -0.2) is 9.59 Å². The molecule has 2 atom stereocenters. The van der Waals surface area contributed by atoms with E-state index in [0.717, 1.165) is 11.1 Å². The minimum Gasteiger partial charge on any atom is -0.502 e. The Morgan fingerprint density at radius 1 is 0.949 bits per heavy atom. The van der Waals surface area contributed by atoms with E-state index in [4.69, 9.17) is 18.9 Å². The highest BCUT2D eigenvalue weighted by Gasteiger charge is 2.41. The van der Waals surface area contributed by atoms with Crippen LogP contribution in [-0.2, 0) is 32.3 Å². The third-order valence-electron chi connectivity index (χ3n) is 5.96. The topological polar surface area (TPSA) is 120 Å². The van der Waals surface area contributed by atoms with Crippen molar-refractivity contribution >= 4 is 17.8 Å². The number of ether oxygens (including phenoxy) is 4. The summed E-state index contributed by atoms with van der Waals surface area (Å²) in [7, 11) is 0. The van der Waals surface area contributed by atoms with Crippen molar-refractivity contribution in [3.63, 3.8) is 0 Å². The lowest BCUT2D eigenvalue weighted by Crippen LogP contribution is -2.52. The van der Waals surface area contributed by atoms with Crippen molar-refractivity contribution in [3.8, 4) is 17.2 Å². The predicted molar refractivity (Wildman–Crippen MR) is 141 cm³/mol. The van der Waals surface area contributed by atoms with E-state index >= 15 is 0 Å². The highest BCUT2D eigenvalue weighted by atomic mass is 16.5. The molecule has 9 nitrogen and oxygen atoms in total. The molecule has 1 aliphatic heterocycles. The Bertz CT molecular complexity index is 1290. The number of carbonyl (C=O) groups is 3. The fourth-order valence-electron chi connectivity index (χ4n) is 3.96. The second kappa shape index (κ2) is 12.6. The van der Waals surface area contributed by atoms with Gasteiger partial charge in [-0.2, -0.15) is 0 Å². The normalized spacial score (nSPS) is 16.0. The van der Waals surface area contributed by atoms with Gasteiger partial charge in [-0.1, -0.05) is 60.7 Å². The van der Waals surface area contributed by atoms with Crippen LogP contribution in [0.1, 0.15) is 35.3 Å². The van der Waals surface area contributed by atoms with Crippen LogP contribution < -0.4 is 14.8 Å². The van der Waals surface area contributed by atoms with Crippen LogP contribution in [-0.4, -0.2) is 35.7 Å². The van der Waals surface area contributed by atoms with E-state index in [1.807, 2.05) is 60.7 Å². The van der Waals surface area contributed by atoms with E-state index < -0.39 is 24.0 Å². The summed E-state index contributed by atoms with van der Waals surface area (Å²) in [5.41, 5.74) is 2.09. The Kier molecular flexibility index (Phi) is 8.83. The number of benzene rings is 3. The summed E-state index contributed by atoms with van der Waals surface area (Å²) in [6.07, 6.45) is 0.286. The lowest BCUT2D eigenvalue weighted by Gasteiger charge is -2.33. The molecule has 0 aliphatic carbocycles. The maximum Gasteiger partial charge on any atom is 0.338 e. The molecule has 1 aliphatic rings. The van der Waals surface area contributed by atoms with Gasteiger partial charge in [0.2, 0.25) is 11.7 Å². The Labute approximate surface area is 226 Å². The molecule has 1 fully saturated rings. The first-order valence-electron chi connectivity index (χ1n) is 12.5. The number of hydrogen-bond acceptors (Lipinski definition) is 8. The summed E-state index contributed by atoms with van der Waals surface area (Å²) in [5.74, 6) is -2.76. The molecule has 202 valence electrons. The lowest BCUT2D eigenvalue weighted by atomic mass is 9.90. The fourth-order valence-corrected chi connectivity index (χ4v) is 3.96. The molecular weight excluding hydrogens is 502 g/mol. The first-order chi connectivity index (χ1) is 18.9. The second-order valence-corrected chi connectivity index (χ2v) is 8.80. The third-order valence-corrected chi connectivity index (χ3v) is 5.96. The second-order valence-electron chi connectivity index (χ2n) is 8.80. The highest BCUT2D eigenvalue weighted by molar-refractivity contribution is 5.96. The van der Waals surface area contributed by atoms with Gasteiger partial charge < -0.3 is 29.4 Å². The summed E-state index contributed by atoms with van der Waals surface area (Å²) < 4.78 is 22.1. The molecule has 1 saturated heterocycles. The number of esters is 2. The zero-order valence-electron chi connectivity index (χ0n) is 21.6. The number of phenols is 1. The Hall–Kier alpha value is -4.79. The highest BCUT2D eigenvalue weighted by Crippen LogP contribution is 2.39. The predicted octanol–water partition coefficient (Wildman–Crippen LogP) is 4.29. The molecule has 0 spiro atoms. The average molecular weight is 532 g/mol. The summed E-state index contributed by atoms with van der Waals surface area (Å²) in [4.78, 5) is 37.1. The van der Waals surface area contributed by atoms with Crippen LogP contribution in [0.2, 0.25) is 0 Å². The number of carbonyl (C=O) groups excluding carboxylic acids is 3. The van der Waals surface area contributed by atoms with E-state index in [1.54, 1.807) is 13.8 Å². The molecule has 0 radical (unpaired) electrons. The van der Waals surface area contributed by atoms with Crippen molar-refractivity contribution < 1.29 is 38.4 Å². The molecule has 0 saturated carbocycles. The first-order valence-corrected chi connectivity index (χ1v) is 12.5. The van der Waals surface area contributed by atoms with Gasteiger partial charge in [0.25, 0.3) is 0 Å². The lowest BCUT2D eigenvalue weighted by molar-refractivity contribution is -0.137. The van der Waals surface area contributed by atoms with Crippen LogP contribution in [0.25, 0.3) is 0 Å². The van der Waals surface area contributed by atoms with E-state index in [1.165, 1.54) is 18.2 Å². The minimum absolute atomic E-state index is 0.0355. The third kappa shape index (κ3) is 6.95. The number of rotatable bonds is 11. The van der Waals surface area contributed by atoms with Gasteiger partial charge in [-0.3, -0.25) is 4.79 Å². The van der Waals surface area contributed by atoms with Crippen LogP contribution in [0.5, 0.6) is 17.2 Å². The van der Waals surface area contributed by atoms with E-state index in [-0.39, 0.29) is 48.5 Å². The molecule has 1 amide bonds. The van der Waals surface area contributed by atoms with Crippen molar-refractivity contribution in [1.82, 2.24) is 5.32 Å². The van der Waals surface area contributed by atoms with Gasteiger partial charge in [0.1, 0.15) is 25.2 Å². The maximum absolute atomic E-state index is 13.1. The first kappa shape index (κ1) is 27.3. The van der Waals surface area contributed by atoms with Gasteiger partial charge in [0.05, 0.1) is 12.2 Å². The molecule has 2 N–H and O–H groups in total. The Morgan fingerprint density at radius 2 is 1.49 bits per heavy atom. The monoisotopic (exact) mass is 531 g/mol. The van der Waals surface area contributed by atoms with E-state index in [9.17, 15) is 19.5 Å². The fraction of sp³-hybridized carbons (Fsp3) is 0.233. The molecule has 1 heterocycles.